The molecule has 25 heavy (non-hydrogen) atoms. The molecule has 3 nitrogen and oxygen atoms in total. The van der Waals surface area contributed by atoms with E-state index in [1.165, 1.54) is 24.8 Å². The van der Waals surface area contributed by atoms with Gasteiger partial charge >= 0.3 is 6.16 Å². The third kappa shape index (κ3) is 5.35. The zero-order valence-electron chi connectivity index (χ0n) is 15.7. The van der Waals surface area contributed by atoms with Gasteiger partial charge < -0.3 is 9.47 Å². The zero-order valence-corrected chi connectivity index (χ0v) is 15.7. The van der Waals surface area contributed by atoms with Crippen LogP contribution in [0.1, 0.15) is 54.9 Å². The first kappa shape index (κ1) is 19.0. The van der Waals surface area contributed by atoms with Crippen molar-refractivity contribution in [2.75, 3.05) is 0 Å². The number of unbranched alkanes of at least 4 members (excludes halogenated alkanes) is 3. The summed E-state index contributed by atoms with van der Waals surface area (Å²) in [5, 5.41) is 0. The molecule has 0 bridgehead atoms. The van der Waals surface area contributed by atoms with Crippen molar-refractivity contribution in [1.82, 2.24) is 0 Å². The van der Waals surface area contributed by atoms with Crippen LogP contribution in [0.25, 0.3) is 0 Å². The van der Waals surface area contributed by atoms with E-state index in [-0.39, 0.29) is 0 Å². The van der Waals surface area contributed by atoms with Crippen molar-refractivity contribution in [2.24, 2.45) is 0 Å². The molecule has 0 aromatic heterocycles. The fraction of sp³-hybridized carbons (Fsp3) is 0.409. The van der Waals surface area contributed by atoms with Crippen LogP contribution in [0.5, 0.6) is 11.5 Å². The molecule has 0 spiro atoms. The summed E-state index contributed by atoms with van der Waals surface area (Å²) >= 11 is 0. The van der Waals surface area contributed by atoms with Crippen molar-refractivity contribution in [2.45, 2.75) is 59.8 Å². The Bertz CT molecular complexity index is 719. The molecule has 134 valence electrons. The molecule has 0 unspecified atom stereocenters. The minimum Gasteiger partial charge on any atom is -0.394 e. The highest BCUT2D eigenvalue weighted by molar-refractivity contribution is 5.68. The van der Waals surface area contributed by atoms with E-state index in [2.05, 4.69) is 6.92 Å². The van der Waals surface area contributed by atoms with Gasteiger partial charge in [0.05, 0.1) is 0 Å². The number of aryl methyl sites for hydroxylation is 2. The van der Waals surface area contributed by atoms with E-state index in [9.17, 15) is 4.79 Å². The van der Waals surface area contributed by atoms with Crippen LogP contribution in [0, 0.1) is 20.8 Å². The second kappa shape index (κ2) is 9.26. The van der Waals surface area contributed by atoms with E-state index in [1.807, 2.05) is 57.2 Å². The highest BCUT2D eigenvalue weighted by Gasteiger charge is 2.14. The molecule has 3 heteroatoms. The van der Waals surface area contributed by atoms with E-state index in [0.717, 1.165) is 29.5 Å². The van der Waals surface area contributed by atoms with Gasteiger partial charge in [0.15, 0.2) is 0 Å². The van der Waals surface area contributed by atoms with Crippen molar-refractivity contribution in [3.63, 3.8) is 0 Å². The average Bonchev–Trinajstić information content (AvgIpc) is 2.60. The van der Waals surface area contributed by atoms with Crippen molar-refractivity contribution < 1.29 is 14.3 Å². The van der Waals surface area contributed by atoms with Gasteiger partial charge in [0.1, 0.15) is 11.5 Å². The third-order valence-corrected chi connectivity index (χ3v) is 4.67. The lowest BCUT2D eigenvalue weighted by Gasteiger charge is -2.13. The number of ether oxygens (including phenoxy) is 2. The molecule has 0 saturated carbocycles. The lowest BCUT2D eigenvalue weighted by atomic mass is 10.0. The molecule has 2 rings (SSSR count). The fourth-order valence-electron chi connectivity index (χ4n) is 2.79. The third-order valence-electron chi connectivity index (χ3n) is 4.67. The molecule has 0 aliphatic rings. The van der Waals surface area contributed by atoms with Gasteiger partial charge in [-0.05, 0) is 68.0 Å². The molecule has 0 radical (unpaired) electrons. The molecule has 2 aromatic rings. The monoisotopic (exact) mass is 340 g/mol. The Labute approximate surface area is 151 Å². The molecule has 0 saturated heterocycles. The molecule has 0 amide bonds. The van der Waals surface area contributed by atoms with Crippen LogP contribution < -0.4 is 9.47 Å². The van der Waals surface area contributed by atoms with Gasteiger partial charge in [-0.1, -0.05) is 50.5 Å². The van der Waals surface area contributed by atoms with Gasteiger partial charge in [-0.25, -0.2) is 4.79 Å². The second-order valence-corrected chi connectivity index (χ2v) is 6.50. The standard InChI is InChI=1S/C22H28O3/c1-5-6-7-8-11-19-12-9-10-13-21(19)25-22(23)24-20-15-14-16(2)17(3)18(20)4/h9-10,12-15H,5-8,11H2,1-4H3. The Balaban J connectivity index is 2.02. The van der Waals surface area contributed by atoms with Crippen LogP contribution in [-0.2, 0) is 6.42 Å². The summed E-state index contributed by atoms with van der Waals surface area (Å²) in [5.74, 6) is 1.14. The molecular formula is C22H28O3. The summed E-state index contributed by atoms with van der Waals surface area (Å²) in [6, 6.07) is 11.4. The summed E-state index contributed by atoms with van der Waals surface area (Å²) in [5.41, 5.74) is 4.31. The van der Waals surface area contributed by atoms with Gasteiger partial charge in [-0.3, -0.25) is 0 Å². The Morgan fingerprint density at radius 1 is 0.840 bits per heavy atom. The smallest absolute Gasteiger partial charge is 0.394 e. The number of rotatable bonds is 7. The van der Waals surface area contributed by atoms with Crippen LogP contribution >= 0.6 is 0 Å². The van der Waals surface area contributed by atoms with Crippen LogP contribution in [0.3, 0.4) is 0 Å². The van der Waals surface area contributed by atoms with Crippen molar-refractivity contribution in [1.29, 1.82) is 0 Å². The maximum Gasteiger partial charge on any atom is 0.519 e. The van der Waals surface area contributed by atoms with Crippen LogP contribution in [0.4, 0.5) is 4.79 Å². The quantitative estimate of drug-likeness (QED) is 0.336. The minimum atomic E-state index is -0.688. The molecule has 0 fully saturated rings. The largest absolute Gasteiger partial charge is 0.519 e. The average molecular weight is 340 g/mol. The van der Waals surface area contributed by atoms with Crippen LogP contribution in [0.15, 0.2) is 36.4 Å². The molecule has 0 aliphatic heterocycles. The first-order valence-electron chi connectivity index (χ1n) is 9.07. The summed E-state index contributed by atoms with van der Waals surface area (Å²) in [4.78, 5) is 12.2. The van der Waals surface area contributed by atoms with E-state index in [0.29, 0.717) is 11.5 Å². The molecule has 2 aromatic carbocycles. The van der Waals surface area contributed by atoms with Crippen molar-refractivity contribution in [3.8, 4) is 11.5 Å². The fourth-order valence-corrected chi connectivity index (χ4v) is 2.79. The SMILES string of the molecule is CCCCCCc1ccccc1OC(=O)Oc1ccc(C)c(C)c1C. The minimum absolute atomic E-state index is 0.550. The Kier molecular flexibility index (Phi) is 7.05. The van der Waals surface area contributed by atoms with Crippen LogP contribution in [0.2, 0.25) is 0 Å². The summed E-state index contributed by atoms with van der Waals surface area (Å²) in [6.45, 7) is 8.21. The van der Waals surface area contributed by atoms with Crippen LogP contribution in [-0.4, -0.2) is 6.16 Å². The molecular weight excluding hydrogens is 312 g/mol. The van der Waals surface area contributed by atoms with Gasteiger partial charge in [0, 0.05) is 0 Å². The Morgan fingerprint density at radius 2 is 1.56 bits per heavy atom. The lowest BCUT2D eigenvalue weighted by Crippen LogP contribution is -2.15. The summed E-state index contributed by atoms with van der Waals surface area (Å²) in [7, 11) is 0. The maximum absolute atomic E-state index is 12.2. The number of hydrogen-bond acceptors (Lipinski definition) is 3. The number of carbonyl (C=O) groups excluding carboxylic acids is 1. The predicted molar refractivity (Wildman–Crippen MR) is 102 cm³/mol. The maximum atomic E-state index is 12.2. The molecule has 0 aliphatic carbocycles. The normalized spacial score (nSPS) is 10.6. The highest BCUT2D eigenvalue weighted by Crippen LogP contribution is 2.25. The zero-order chi connectivity index (χ0) is 18.2. The van der Waals surface area contributed by atoms with Gasteiger partial charge in [0.2, 0.25) is 0 Å². The summed E-state index contributed by atoms with van der Waals surface area (Å²) < 4.78 is 10.9. The van der Waals surface area contributed by atoms with Gasteiger partial charge in [-0.2, -0.15) is 0 Å². The Morgan fingerprint density at radius 3 is 2.32 bits per heavy atom. The topological polar surface area (TPSA) is 35.5 Å². The Hall–Kier alpha value is -2.29. The van der Waals surface area contributed by atoms with Gasteiger partial charge in [-0.15, -0.1) is 0 Å². The van der Waals surface area contributed by atoms with E-state index in [1.54, 1.807) is 0 Å². The molecule has 0 N–H and O–H groups in total. The number of hydrogen-bond donors (Lipinski definition) is 0. The van der Waals surface area contributed by atoms with Crippen molar-refractivity contribution >= 4 is 6.16 Å². The molecule has 0 atom stereocenters. The predicted octanol–water partition coefficient (Wildman–Crippen LogP) is 6.31. The first-order valence-corrected chi connectivity index (χ1v) is 9.07. The second-order valence-electron chi connectivity index (χ2n) is 6.50. The van der Waals surface area contributed by atoms with E-state index < -0.39 is 6.16 Å². The van der Waals surface area contributed by atoms with Crippen molar-refractivity contribution in [3.05, 3.63) is 58.7 Å². The number of benzene rings is 2. The highest BCUT2D eigenvalue weighted by atomic mass is 16.7. The summed E-state index contributed by atoms with van der Waals surface area (Å²) in [6.07, 6.45) is 4.95. The van der Waals surface area contributed by atoms with E-state index >= 15 is 0 Å². The number of carbonyl (C=O) groups is 1. The number of para-hydroxylation sites is 1. The van der Waals surface area contributed by atoms with Gasteiger partial charge in [0.25, 0.3) is 0 Å². The lowest BCUT2D eigenvalue weighted by molar-refractivity contribution is 0.151. The van der Waals surface area contributed by atoms with E-state index in [4.69, 9.17) is 9.47 Å². The first-order chi connectivity index (χ1) is 12.0. The molecule has 0 heterocycles.